The van der Waals surface area contributed by atoms with Gasteiger partial charge in [-0.1, -0.05) is 6.07 Å². The van der Waals surface area contributed by atoms with Crippen molar-refractivity contribution in [1.29, 1.82) is 0 Å². The van der Waals surface area contributed by atoms with E-state index in [1.54, 1.807) is 25.3 Å². The van der Waals surface area contributed by atoms with Crippen LogP contribution in [0.25, 0.3) is 6.08 Å². The lowest BCUT2D eigenvalue weighted by Crippen LogP contribution is -2.20. The maximum atomic E-state index is 11.7. The number of nitrogens with one attached hydrogen (secondary N) is 1. The van der Waals surface area contributed by atoms with E-state index in [1.807, 2.05) is 6.92 Å². The van der Waals surface area contributed by atoms with Crippen LogP contribution in [0.15, 0.2) is 24.3 Å². The smallest absolute Gasteiger partial charge is 0.328 e. The zero-order chi connectivity index (χ0) is 15.7. The second-order valence-corrected chi connectivity index (χ2v) is 4.34. The molecule has 0 aliphatic carbocycles. The highest BCUT2D eigenvalue weighted by atomic mass is 16.5. The maximum absolute atomic E-state index is 11.7. The molecule has 0 aromatic heterocycles. The van der Waals surface area contributed by atoms with Gasteiger partial charge < -0.3 is 19.9 Å². The number of rotatable bonds is 8. The van der Waals surface area contributed by atoms with Crippen LogP contribution in [0.3, 0.4) is 0 Å². The molecule has 0 aliphatic rings. The number of hydrogen-bond donors (Lipinski definition) is 2. The number of carbonyl (C=O) groups excluding carboxylic acids is 1. The Hall–Kier alpha value is -2.18. The van der Waals surface area contributed by atoms with Crippen molar-refractivity contribution in [2.45, 2.75) is 6.92 Å². The number of anilines is 1. The molecule has 1 aromatic carbocycles. The number of methoxy groups -OCH3 is 1. The van der Waals surface area contributed by atoms with E-state index in [2.05, 4.69) is 5.32 Å². The van der Waals surface area contributed by atoms with Crippen LogP contribution in [-0.4, -0.2) is 43.9 Å². The number of amides is 1. The van der Waals surface area contributed by atoms with Crippen LogP contribution >= 0.6 is 0 Å². The van der Waals surface area contributed by atoms with Crippen molar-refractivity contribution in [2.75, 3.05) is 32.2 Å². The fraction of sp³-hybridized carbons (Fsp3) is 0.333. The Balaban J connectivity index is 2.56. The molecule has 21 heavy (non-hydrogen) atoms. The molecule has 0 heterocycles. The predicted octanol–water partition coefficient (Wildman–Crippen LogP) is 1.69. The van der Waals surface area contributed by atoms with Crippen molar-refractivity contribution in [2.24, 2.45) is 0 Å². The van der Waals surface area contributed by atoms with Crippen molar-refractivity contribution in [1.82, 2.24) is 0 Å². The highest BCUT2D eigenvalue weighted by molar-refractivity contribution is 5.92. The summed E-state index contributed by atoms with van der Waals surface area (Å²) < 4.78 is 9.93. The minimum atomic E-state index is -1.00. The van der Waals surface area contributed by atoms with Gasteiger partial charge in [-0.3, -0.25) is 4.79 Å². The first-order chi connectivity index (χ1) is 10.0. The number of carbonyl (C=O) groups is 2. The number of carboxylic acid groups (broad SMARTS) is 1. The van der Waals surface area contributed by atoms with E-state index in [4.69, 9.17) is 14.6 Å². The highest BCUT2D eigenvalue weighted by Crippen LogP contribution is 2.17. The van der Waals surface area contributed by atoms with Crippen LogP contribution in [-0.2, 0) is 19.1 Å². The van der Waals surface area contributed by atoms with Gasteiger partial charge >= 0.3 is 5.97 Å². The van der Waals surface area contributed by atoms with Crippen molar-refractivity contribution in [3.8, 4) is 0 Å². The van der Waals surface area contributed by atoms with Crippen molar-refractivity contribution >= 4 is 23.6 Å². The van der Waals surface area contributed by atoms with Gasteiger partial charge in [-0.05, 0) is 36.3 Å². The first-order valence-corrected chi connectivity index (χ1v) is 6.41. The summed E-state index contributed by atoms with van der Waals surface area (Å²) in [5, 5.41) is 11.3. The topological polar surface area (TPSA) is 84.9 Å². The van der Waals surface area contributed by atoms with E-state index in [9.17, 15) is 9.59 Å². The molecule has 2 N–H and O–H groups in total. The molecule has 1 rings (SSSR count). The fourth-order valence-electron chi connectivity index (χ4n) is 1.59. The van der Waals surface area contributed by atoms with Crippen molar-refractivity contribution in [3.63, 3.8) is 0 Å². The quantitative estimate of drug-likeness (QED) is 0.563. The van der Waals surface area contributed by atoms with E-state index in [1.165, 1.54) is 6.08 Å². The third kappa shape index (κ3) is 6.69. The SMILES string of the molecule is COCCOCC(=O)Nc1ccc(/C=C/C(=O)O)cc1C. The van der Waals surface area contributed by atoms with Gasteiger partial charge in [0.1, 0.15) is 6.61 Å². The van der Waals surface area contributed by atoms with Crippen LogP contribution in [0.2, 0.25) is 0 Å². The summed E-state index contributed by atoms with van der Waals surface area (Å²) in [6.07, 6.45) is 2.56. The molecule has 0 fully saturated rings. The molecule has 1 amide bonds. The summed E-state index contributed by atoms with van der Waals surface area (Å²) in [5.41, 5.74) is 2.26. The Morgan fingerprint density at radius 2 is 2.10 bits per heavy atom. The molecule has 0 aliphatic heterocycles. The van der Waals surface area contributed by atoms with Crippen LogP contribution in [0.4, 0.5) is 5.69 Å². The van der Waals surface area contributed by atoms with Crippen LogP contribution in [0.5, 0.6) is 0 Å². The summed E-state index contributed by atoms with van der Waals surface area (Å²) in [6.45, 7) is 2.60. The van der Waals surface area contributed by atoms with E-state index >= 15 is 0 Å². The molecule has 0 spiro atoms. The number of aliphatic carboxylic acids is 1. The molecular formula is C15H19NO5. The molecule has 6 heteroatoms. The molecule has 0 bridgehead atoms. The van der Waals surface area contributed by atoms with Crippen LogP contribution < -0.4 is 5.32 Å². The number of hydrogen-bond acceptors (Lipinski definition) is 4. The predicted molar refractivity (Wildman–Crippen MR) is 79.2 cm³/mol. The first kappa shape index (κ1) is 16.9. The van der Waals surface area contributed by atoms with E-state index < -0.39 is 5.97 Å². The first-order valence-electron chi connectivity index (χ1n) is 6.41. The van der Waals surface area contributed by atoms with Crippen molar-refractivity contribution < 1.29 is 24.2 Å². The lowest BCUT2D eigenvalue weighted by Gasteiger charge is -2.09. The summed E-state index contributed by atoms with van der Waals surface area (Å²) >= 11 is 0. The lowest BCUT2D eigenvalue weighted by atomic mass is 10.1. The molecule has 1 aromatic rings. The average Bonchev–Trinajstić information content (AvgIpc) is 2.44. The van der Waals surface area contributed by atoms with Crippen LogP contribution in [0.1, 0.15) is 11.1 Å². The van der Waals surface area contributed by atoms with E-state index in [0.717, 1.165) is 17.2 Å². The molecule has 0 atom stereocenters. The van der Waals surface area contributed by atoms with E-state index in [0.29, 0.717) is 18.9 Å². The zero-order valence-electron chi connectivity index (χ0n) is 12.1. The summed E-state index contributed by atoms with van der Waals surface area (Å²) in [5.74, 6) is -1.25. The Morgan fingerprint density at radius 1 is 1.33 bits per heavy atom. The molecule has 0 saturated heterocycles. The Bertz CT molecular complexity index is 525. The van der Waals surface area contributed by atoms with E-state index in [-0.39, 0.29) is 12.5 Å². The second kappa shape index (κ2) is 8.89. The average molecular weight is 293 g/mol. The largest absolute Gasteiger partial charge is 0.478 e. The van der Waals surface area contributed by atoms with Gasteiger partial charge in [-0.2, -0.15) is 0 Å². The number of aryl methyl sites for hydroxylation is 1. The molecule has 0 radical (unpaired) electrons. The number of benzene rings is 1. The molecule has 0 saturated carbocycles. The molecule has 0 unspecified atom stereocenters. The van der Waals surface area contributed by atoms with Gasteiger partial charge in [0, 0.05) is 18.9 Å². The lowest BCUT2D eigenvalue weighted by molar-refractivity contribution is -0.131. The zero-order valence-corrected chi connectivity index (χ0v) is 12.1. The molecule has 114 valence electrons. The normalized spacial score (nSPS) is 10.8. The Labute approximate surface area is 123 Å². The van der Waals surface area contributed by atoms with Gasteiger partial charge in [-0.15, -0.1) is 0 Å². The highest BCUT2D eigenvalue weighted by Gasteiger charge is 2.05. The maximum Gasteiger partial charge on any atom is 0.328 e. The van der Waals surface area contributed by atoms with Gasteiger partial charge in [0.05, 0.1) is 13.2 Å². The van der Waals surface area contributed by atoms with Gasteiger partial charge in [0.2, 0.25) is 5.91 Å². The third-order valence-corrected chi connectivity index (χ3v) is 2.61. The van der Waals surface area contributed by atoms with Crippen LogP contribution in [0, 0.1) is 6.92 Å². The fourth-order valence-corrected chi connectivity index (χ4v) is 1.59. The third-order valence-electron chi connectivity index (χ3n) is 2.61. The minimum absolute atomic E-state index is 0.0382. The van der Waals surface area contributed by atoms with Gasteiger partial charge in [0.15, 0.2) is 0 Å². The molecular weight excluding hydrogens is 274 g/mol. The Kier molecular flexibility index (Phi) is 7.14. The van der Waals surface area contributed by atoms with Crippen molar-refractivity contribution in [3.05, 3.63) is 35.4 Å². The minimum Gasteiger partial charge on any atom is -0.478 e. The monoisotopic (exact) mass is 293 g/mol. The molecule has 6 nitrogen and oxygen atoms in total. The Morgan fingerprint density at radius 3 is 2.71 bits per heavy atom. The number of ether oxygens (including phenoxy) is 2. The van der Waals surface area contributed by atoms with Gasteiger partial charge in [0.25, 0.3) is 0 Å². The number of carboxylic acids is 1. The second-order valence-electron chi connectivity index (χ2n) is 4.34. The standard InChI is InChI=1S/C15H19NO5/c1-11-9-12(4-6-15(18)19)3-5-13(11)16-14(17)10-21-8-7-20-2/h3-6,9H,7-8,10H2,1-2H3,(H,16,17)(H,18,19)/b6-4+. The summed E-state index contributed by atoms with van der Waals surface area (Å²) in [6, 6.07) is 5.25. The summed E-state index contributed by atoms with van der Waals surface area (Å²) in [7, 11) is 1.56. The van der Waals surface area contributed by atoms with Gasteiger partial charge in [-0.25, -0.2) is 4.79 Å². The summed E-state index contributed by atoms with van der Waals surface area (Å²) in [4.78, 5) is 22.1.